The number of ether oxygens (including phenoxy) is 1. The van der Waals surface area contributed by atoms with E-state index >= 15 is 0 Å². The molecule has 0 aliphatic carbocycles. The van der Waals surface area contributed by atoms with Crippen LogP contribution in [0.25, 0.3) is 33.1 Å². The molecule has 3 nitrogen and oxygen atoms in total. The molecule has 2 aromatic heterocycles. The van der Waals surface area contributed by atoms with Crippen LogP contribution < -0.4 is 14.5 Å². The van der Waals surface area contributed by atoms with E-state index < -0.39 is 8.07 Å². The number of pyridine rings is 1. The maximum absolute atomic E-state index is 6.70. The second-order valence-corrected chi connectivity index (χ2v) is 14.2. The molecule has 0 saturated carbocycles. The fourth-order valence-electron chi connectivity index (χ4n) is 4.68. The van der Waals surface area contributed by atoms with Crippen LogP contribution in [-0.4, -0.2) is 8.07 Å². The summed E-state index contributed by atoms with van der Waals surface area (Å²) >= 11 is 0. The van der Waals surface area contributed by atoms with Crippen molar-refractivity contribution < 1.29 is 13.7 Å². The molecule has 0 atom stereocenters. The molecule has 0 saturated heterocycles. The topological polar surface area (TPSA) is 26.2 Å². The largest absolute Gasteiger partial charge is 0.458 e. The quantitative estimate of drug-likeness (QED) is 0.274. The van der Waals surface area contributed by atoms with Crippen molar-refractivity contribution in [1.82, 2.24) is 0 Å². The smallest absolute Gasteiger partial charge is 0.256 e. The van der Waals surface area contributed by atoms with Crippen LogP contribution in [0.1, 0.15) is 16.7 Å². The van der Waals surface area contributed by atoms with Crippen LogP contribution in [0, 0.1) is 20.8 Å². The lowest BCUT2D eigenvalue weighted by molar-refractivity contribution is -0.633. The van der Waals surface area contributed by atoms with Gasteiger partial charge in [0.15, 0.2) is 0 Å². The van der Waals surface area contributed by atoms with E-state index in [2.05, 4.69) is 76.3 Å². The zero-order valence-corrected chi connectivity index (χ0v) is 18.7. The standard InChI is InChI=1S/C24H26NO2Si/c1-13-10-16-12-14(2)15(3)19-20(16)18(11-13)27-23-21(19)25(4)17-8-9-26-22(17)24(23)28(5,6)7/h8-12H,1-7H3/q+1. The molecule has 28 heavy (non-hydrogen) atoms. The molecule has 0 fully saturated rings. The zero-order chi connectivity index (χ0) is 20.0. The Kier molecular flexibility index (Phi) is 3.42. The maximum atomic E-state index is 6.70. The predicted octanol–water partition coefficient (Wildman–Crippen LogP) is 5.65. The normalized spacial score (nSPS) is 13.1. The van der Waals surface area contributed by atoms with Gasteiger partial charge >= 0.3 is 0 Å². The third-order valence-corrected chi connectivity index (χ3v) is 8.03. The lowest BCUT2D eigenvalue weighted by Gasteiger charge is -2.27. The fourth-order valence-corrected chi connectivity index (χ4v) is 6.40. The highest BCUT2D eigenvalue weighted by Crippen LogP contribution is 2.48. The van der Waals surface area contributed by atoms with Crippen LogP contribution >= 0.6 is 0 Å². The second-order valence-electron chi connectivity index (χ2n) is 9.15. The van der Waals surface area contributed by atoms with Crippen LogP contribution in [0.2, 0.25) is 19.6 Å². The molecule has 1 aliphatic heterocycles. The second kappa shape index (κ2) is 5.48. The van der Waals surface area contributed by atoms with Crippen molar-refractivity contribution in [3.63, 3.8) is 0 Å². The van der Waals surface area contributed by atoms with Crippen molar-refractivity contribution in [3.8, 4) is 22.8 Å². The van der Waals surface area contributed by atoms with Crippen molar-refractivity contribution in [3.05, 3.63) is 47.2 Å². The number of benzene rings is 2. The van der Waals surface area contributed by atoms with E-state index in [0.29, 0.717) is 0 Å². The molecule has 4 aromatic rings. The van der Waals surface area contributed by atoms with Gasteiger partial charge in [-0.2, -0.15) is 4.57 Å². The van der Waals surface area contributed by atoms with E-state index in [0.717, 1.165) is 22.6 Å². The van der Waals surface area contributed by atoms with Crippen molar-refractivity contribution in [2.24, 2.45) is 7.05 Å². The molecular formula is C24H26NO2Si+. The van der Waals surface area contributed by atoms with E-state index in [4.69, 9.17) is 9.15 Å². The summed E-state index contributed by atoms with van der Waals surface area (Å²) in [5.41, 5.74) is 8.43. The van der Waals surface area contributed by atoms with Crippen LogP contribution in [0.4, 0.5) is 0 Å². The Labute approximate surface area is 166 Å². The first-order chi connectivity index (χ1) is 13.2. The van der Waals surface area contributed by atoms with Gasteiger partial charge in [0, 0.05) is 16.6 Å². The number of furan rings is 1. The molecule has 4 heteroatoms. The van der Waals surface area contributed by atoms with E-state index in [1.54, 1.807) is 6.26 Å². The number of aromatic nitrogens is 1. The van der Waals surface area contributed by atoms with E-state index in [1.165, 1.54) is 43.9 Å². The van der Waals surface area contributed by atoms with Gasteiger partial charge in [0.05, 0.1) is 19.9 Å². The average molecular weight is 389 g/mol. The number of fused-ring (bicyclic) bond motifs is 3. The Morgan fingerprint density at radius 2 is 1.75 bits per heavy atom. The summed E-state index contributed by atoms with van der Waals surface area (Å²) in [5, 5.41) is 3.74. The zero-order valence-electron chi connectivity index (χ0n) is 17.7. The van der Waals surface area contributed by atoms with Gasteiger partial charge in [-0.05, 0) is 48.9 Å². The van der Waals surface area contributed by atoms with Gasteiger partial charge in [-0.3, -0.25) is 0 Å². The number of hydrogen-bond donors (Lipinski definition) is 0. The maximum Gasteiger partial charge on any atom is 0.256 e. The summed E-state index contributed by atoms with van der Waals surface area (Å²) in [6.45, 7) is 13.7. The molecule has 1 aliphatic rings. The highest BCUT2D eigenvalue weighted by Gasteiger charge is 2.39. The number of rotatable bonds is 1. The molecule has 0 N–H and O–H groups in total. The van der Waals surface area contributed by atoms with Crippen molar-refractivity contribution in [2.75, 3.05) is 0 Å². The molecule has 3 heterocycles. The van der Waals surface area contributed by atoms with Gasteiger partial charge in [0.1, 0.15) is 12.8 Å². The van der Waals surface area contributed by atoms with Gasteiger partial charge in [0.25, 0.3) is 11.2 Å². The summed E-state index contributed by atoms with van der Waals surface area (Å²) in [6.07, 6.45) is 1.80. The highest BCUT2D eigenvalue weighted by atomic mass is 28.3. The van der Waals surface area contributed by atoms with Gasteiger partial charge in [-0.15, -0.1) is 0 Å². The summed E-state index contributed by atoms with van der Waals surface area (Å²) in [6, 6.07) is 8.80. The van der Waals surface area contributed by atoms with Gasteiger partial charge in [-0.1, -0.05) is 31.8 Å². The average Bonchev–Trinajstić information content (AvgIpc) is 3.06. The summed E-state index contributed by atoms with van der Waals surface area (Å²) < 4.78 is 14.9. The molecule has 0 radical (unpaired) electrons. The molecule has 2 aromatic carbocycles. The first-order valence-electron chi connectivity index (χ1n) is 9.85. The number of aryl methyl sites for hydroxylation is 3. The summed E-state index contributed by atoms with van der Waals surface area (Å²) in [4.78, 5) is 0. The molecule has 142 valence electrons. The molecular weight excluding hydrogens is 362 g/mol. The Morgan fingerprint density at radius 1 is 1.00 bits per heavy atom. The van der Waals surface area contributed by atoms with Crippen LogP contribution in [0.5, 0.6) is 11.5 Å². The molecule has 0 spiro atoms. The van der Waals surface area contributed by atoms with Gasteiger partial charge in [0.2, 0.25) is 11.3 Å². The minimum absolute atomic E-state index is 0.964. The van der Waals surface area contributed by atoms with Gasteiger partial charge < -0.3 is 9.15 Å². The first-order valence-corrected chi connectivity index (χ1v) is 13.3. The lowest BCUT2D eigenvalue weighted by atomic mass is 9.90. The Morgan fingerprint density at radius 3 is 2.46 bits per heavy atom. The summed E-state index contributed by atoms with van der Waals surface area (Å²) in [7, 11) is 0.381. The minimum atomic E-state index is -1.74. The monoisotopic (exact) mass is 388 g/mol. The SMILES string of the molecule is Cc1cc2c3c(c(C)c(C)cc3c1)-c1c(c([Si](C)(C)C)c3occc3[n+]1C)O2. The van der Waals surface area contributed by atoms with Gasteiger partial charge in [-0.25, -0.2) is 0 Å². The van der Waals surface area contributed by atoms with E-state index in [9.17, 15) is 0 Å². The molecule has 0 bridgehead atoms. The third kappa shape index (κ3) is 2.18. The van der Waals surface area contributed by atoms with Crippen LogP contribution in [-0.2, 0) is 7.05 Å². The molecule has 0 amide bonds. The van der Waals surface area contributed by atoms with Crippen molar-refractivity contribution >= 4 is 35.1 Å². The minimum Gasteiger partial charge on any atom is -0.458 e. The van der Waals surface area contributed by atoms with Crippen LogP contribution in [0.15, 0.2) is 34.9 Å². The molecule has 5 rings (SSSR count). The van der Waals surface area contributed by atoms with Crippen molar-refractivity contribution in [1.29, 1.82) is 0 Å². The predicted molar refractivity (Wildman–Crippen MR) is 118 cm³/mol. The van der Waals surface area contributed by atoms with E-state index in [1.807, 2.05) is 0 Å². The van der Waals surface area contributed by atoms with E-state index in [-0.39, 0.29) is 0 Å². The van der Waals surface area contributed by atoms with Crippen molar-refractivity contribution in [2.45, 2.75) is 40.4 Å². The highest BCUT2D eigenvalue weighted by molar-refractivity contribution is 6.91. The molecule has 0 unspecified atom stereocenters. The number of nitrogens with zero attached hydrogens (tertiary/aromatic N) is 1. The summed E-state index contributed by atoms with van der Waals surface area (Å²) in [5.74, 6) is 1.95. The van der Waals surface area contributed by atoms with Crippen LogP contribution in [0.3, 0.4) is 0 Å². The number of hydrogen-bond acceptors (Lipinski definition) is 2. The third-order valence-electron chi connectivity index (χ3n) is 6.07. The first kappa shape index (κ1) is 17.5. The Balaban J connectivity index is 2.07. The Bertz CT molecular complexity index is 1310. The lowest BCUT2D eigenvalue weighted by Crippen LogP contribution is -2.44. The Hall–Kier alpha value is -2.59. The fraction of sp³-hybridized carbons (Fsp3) is 0.292.